The molecule has 8 unspecified atom stereocenters. The first-order valence-electron chi connectivity index (χ1n) is 10.4. The minimum Gasteiger partial charge on any atom is -0.388 e. The first-order chi connectivity index (χ1) is 17.7. The van der Waals surface area contributed by atoms with Gasteiger partial charge in [-0.3, -0.25) is 13.6 Å². The monoisotopic (exact) mass is 590 g/mol. The largest absolute Gasteiger partial charge is 0.483 e. The summed E-state index contributed by atoms with van der Waals surface area (Å²) in [5.74, 6) is -0.129. The number of rotatable bonds is 10. The normalized spacial score (nSPS) is 36.7. The first-order valence-corrected chi connectivity index (χ1v) is 13.4. The van der Waals surface area contributed by atoms with E-state index in [1.807, 2.05) is 0 Å². The van der Waals surface area contributed by atoms with Crippen LogP contribution in [0.5, 0.6) is 0 Å². The fourth-order valence-electron chi connectivity index (χ4n) is 3.46. The molecule has 0 aliphatic carbocycles. The van der Waals surface area contributed by atoms with Gasteiger partial charge < -0.3 is 50.5 Å². The number of azide groups is 1. The number of hydrogen-bond acceptors (Lipinski definition) is 16. The van der Waals surface area contributed by atoms with Gasteiger partial charge in [0.2, 0.25) is 0 Å². The SMILES string of the molecule is [N-]=[N+]=NCC1OC(OP(=O)(O)OP(=O)(O)OC[C@H]2O[C@@H](n3ccc(N)nc3=O)[C@@H](O)C2O)C(O)C(O)C1O. The summed E-state index contributed by atoms with van der Waals surface area (Å²) in [6.45, 7) is -1.60. The third kappa shape index (κ3) is 7.13. The zero-order valence-corrected chi connectivity index (χ0v) is 20.7. The van der Waals surface area contributed by atoms with E-state index in [1.165, 1.54) is 6.07 Å². The number of aliphatic hydroxyl groups is 5. The molecule has 3 heterocycles. The maximum atomic E-state index is 12.3. The molecule has 11 atom stereocenters. The lowest BCUT2D eigenvalue weighted by Gasteiger charge is -2.39. The van der Waals surface area contributed by atoms with E-state index in [9.17, 15) is 49.2 Å². The van der Waals surface area contributed by atoms with Gasteiger partial charge in [-0.05, 0) is 11.6 Å². The molecule has 21 nitrogen and oxygen atoms in total. The number of anilines is 1. The number of nitrogens with zero attached hydrogens (tertiary/aromatic N) is 5. The Hall–Kier alpha value is -2.03. The van der Waals surface area contributed by atoms with Crippen molar-refractivity contribution in [2.45, 2.75) is 55.2 Å². The second-order valence-corrected chi connectivity index (χ2v) is 10.9. The van der Waals surface area contributed by atoms with Crippen molar-refractivity contribution in [2.24, 2.45) is 5.11 Å². The van der Waals surface area contributed by atoms with Gasteiger partial charge in [0.15, 0.2) is 12.5 Å². The van der Waals surface area contributed by atoms with Crippen LogP contribution < -0.4 is 11.4 Å². The zero-order valence-electron chi connectivity index (χ0n) is 18.9. The lowest BCUT2D eigenvalue weighted by Crippen LogP contribution is -2.58. The van der Waals surface area contributed by atoms with E-state index in [2.05, 4.69) is 28.4 Å². The quantitative estimate of drug-likeness (QED) is 0.0576. The van der Waals surface area contributed by atoms with Gasteiger partial charge in [-0.25, -0.2) is 13.9 Å². The molecule has 0 spiro atoms. The van der Waals surface area contributed by atoms with Crippen molar-refractivity contribution in [3.05, 3.63) is 33.2 Å². The Bertz CT molecular complexity index is 1200. The third-order valence-electron chi connectivity index (χ3n) is 5.30. The topological polar surface area (TPSA) is 332 Å². The van der Waals surface area contributed by atoms with Crippen LogP contribution in [0.2, 0.25) is 0 Å². The molecule has 0 aromatic carbocycles. The average molecular weight is 590 g/mol. The van der Waals surface area contributed by atoms with Crippen molar-refractivity contribution in [3.63, 3.8) is 0 Å². The maximum absolute atomic E-state index is 12.3. The van der Waals surface area contributed by atoms with Crippen LogP contribution in [0.1, 0.15) is 6.23 Å². The van der Waals surface area contributed by atoms with Crippen molar-refractivity contribution >= 4 is 21.5 Å². The van der Waals surface area contributed by atoms with E-state index in [-0.39, 0.29) is 5.82 Å². The summed E-state index contributed by atoms with van der Waals surface area (Å²) in [5, 5.41) is 53.1. The minimum atomic E-state index is -5.62. The Morgan fingerprint density at radius 3 is 2.34 bits per heavy atom. The molecule has 1 aromatic heterocycles. The Kier molecular flexibility index (Phi) is 9.64. The van der Waals surface area contributed by atoms with Gasteiger partial charge >= 0.3 is 21.3 Å². The van der Waals surface area contributed by atoms with Crippen LogP contribution in [-0.2, 0) is 32.0 Å². The van der Waals surface area contributed by atoms with Crippen LogP contribution in [0.15, 0.2) is 22.2 Å². The van der Waals surface area contributed by atoms with Crippen molar-refractivity contribution in [1.29, 1.82) is 0 Å². The number of phosphoric ester groups is 2. The number of aromatic nitrogens is 2. The maximum Gasteiger partial charge on any atom is 0.483 e. The van der Waals surface area contributed by atoms with Crippen molar-refractivity contribution in [3.8, 4) is 0 Å². The smallest absolute Gasteiger partial charge is 0.388 e. The standard InChI is InChI=1S/C15H24N6O15P2/c16-7-1-2-21(15(27)19-7)13-11(25)9(23)6(33-13)4-32-37(28,29)36-38(30,31)35-14-12(26)10(24)8(22)5(34-14)3-18-20-17/h1-2,5-6,8-14,22-26H,3-4H2,(H,28,29)(H,30,31)(H2,16,19,27)/t5?,6-,8?,9?,10?,11+,12?,13-,14?/m1/s1. The van der Waals surface area contributed by atoms with Gasteiger partial charge in [-0.2, -0.15) is 9.29 Å². The van der Waals surface area contributed by atoms with E-state index < -0.39 is 89.7 Å². The summed E-state index contributed by atoms with van der Waals surface area (Å²) in [6.07, 6.45) is -15.1. The number of ether oxygens (including phenoxy) is 2. The van der Waals surface area contributed by atoms with E-state index in [0.717, 1.165) is 10.8 Å². The second-order valence-electron chi connectivity index (χ2n) is 7.94. The highest BCUT2D eigenvalue weighted by molar-refractivity contribution is 7.61. The number of phosphoric acid groups is 2. The molecule has 0 bridgehead atoms. The van der Waals surface area contributed by atoms with Gasteiger partial charge in [0.25, 0.3) is 0 Å². The van der Waals surface area contributed by atoms with Gasteiger partial charge in [-0.1, -0.05) is 5.11 Å². The van der Waals surface area contributed by atoms with Gasteiger partial charge in [0.05, 0.1) is 19.3 Å². The minimum absolute atomic E-state index is 0.129. The Morgan fingerprint density at radius 1 is 1.05 bits per heavy atom. The number of hydrogen-bond donors (Lipinski definition) is 8. The molecule has 1 aromatic rings. The van der Waals surface area contributed by atoms with Crippen LogP contribution in [0, 0.1) is 0 Å². The summed E-state index contributed by atoms with van der Waals surface area (Å²) < 4.78 is 48.7. The molecule has 2 fully saturated rings. The van der Waals surface area contributed by atoms with Crippen molar-refractivity contribution in [1.82, 2.24) is 9.55 Å². The molecule has 23 heteroatoms. The van der Waals surface area contributed by atoms with Crippen molar-refractivity contribution < 1.29 is 67.3 Å². The molecule has 38 heavy (non-hydrogen) atoms. The first kappa shape index (κ1) is 30.5. The summed E-state index contributed by atoms with van der Waals surface area (Å²) in [6, 6.07) is 1.20. The molecular weight excluding hydrogens is 566 g/mol. The molecule has 0 saturated carbocycles. The molecule has 0 amide bonds. The van der Waals surface area contributed by atoms with Crippen LogP contribution in [0.4, 0.5) is 5.82 Å². The lowest BCUT2D eigenvalue weighted by atomic mass is 9.99. The number of nitrogen functional groups attached to an aromatic ring is 1. The molecule has 3 rings (SSSR count). The highest BCUT2D eigenvalue weighted by Gasteiger charge is 2.49. The van der Waals surface area contributed by atoms with E-state index in [1.54, 1.807) is 0 Å². The number of nitrogens with two attached hydrogens (primary N) is 1. The van der Waals surface area contributed by atoms with Gasteiger partial charge in [0.1, 0.15) is 42.4 Å². The van der Waals surface area contributed by atoms with Crippen LogP contribution >= 0.6 is 15.6 Å². The Labute approximate surface area is 211 Å². The summed E-state index contributed by atoms with van der Waals surface area (Å²) in [7, 11) is -11.1. The van der Waals surface area contributed by atoms with Crippen LogP contribution in [-0.4, -0.2) is 107 Å². The molecule has 2 saturated heterocycles. The lowest BCUT2D eigenvalue weighted by molar-refractivity contribution is -0.272. The van der Waals surface area contributed by atoms with Crippen LogP contribution in [0.25, 0.3) is 10.4 Å². The van der Waals surface area contributed by atoms with Crippen molar-refractivity contribution in [2.75, 3.05) is 18.9 Å². The number of aliphatic hydroxyl groups excluding tert-OH is 5. The Balaban J connectivity index is 1.61. The molecule has 214 valence electrons. The predicted molar refractivity (Wildman–Crippen MR) is 117 cm³/mol. The summed E-state index contributed by atoms with van der Waals surface area (Å²) in [4.78, 5) is 37.5. The summed E-state index contributed by atoms with van der Waals surface area (Å²) in [5.41, 5.74) is 12.8. The molecule has 0 radical (unpaired) electrons. The van der Waals surface area contributed by atoms with Gasteiger partial charge in [-0.15, -0.1) is 0 Å². The van der Waals surface area contributed by atoms with E-state index in [0.29, 0.717) is 0 Å². The Morgan fingerprint density at radius 2 is 1.71 bits per heavy atom. The second kappa shape index (κ2) is 12.0. The average Bonchev–Trinajstić information content (AvgIpc) is 3.10. The fourth-order valence-corrected chi connectivity index (χ4v) is 5.62. The molecular formula is C15H24N6O15P2. The summed E-state index contributed by atoms with van der Waals surface area (Å²) >= 11 is 0. The van der Waals surface area contributed by atoms with Gasteiger partial charge in [0, 0.05) is 11.1 Å². The molecule has 2 aliphatic heterocycles. The molecule has 2 aliphatic rings. The van der Waals surface area contributed by atoms with Crippen LogP contribution in [0.3, 0.4) is 0 Å². The fraction of sp³-hybridized carbons (Fsp3) is 0.733. The predicted octanol–water partition coefficient (Wildman–Crippen LogP) is -3.19. The van der Waals surface area contributed by atoms with E-state index in [4.69, 9.17) is 20.7 Å². The molecule has 9 N–H and O–H groups in total. The highest BCUT2D eigenvalue weighted by Crippen LogP contribution is 2.61. The highest BCUT2D eigenvalue weighted by atomic mass is 31.3. The third-order valence-corrected chi connectivity index (χ3v) is 7.90. The van der Waals surface area contributed by atoms with E-state index >= 15 is 0 Å². The zero-order chi connectivity index (χ0) is 28.4.